The van der Waals surface area contributed by atoms with Gasteiger partial charge < -0.3 is 15.3 Å². The number of aliphatic carboxylic acids is 1. The van der Waals surface area contributed by atoms with Gasteiger partial charge in [-0.3, -0.25) is 9.59 Å². The zero-order valence-corrected chi connectivity index (χ0v) is 19.3. The summed E-state index contributed by atoms with van der Waals surface area (Å²) in [6, 6.07) is 0. The first-order valence-electron chi connectivity index (χ1n) is 11.1. The van der Waals surface area contributed by atoms with Crippen LogP contribution in [0.3, 0.4) is 0 Å². The first-order valence-corrected chi connectivity index (χ1v) is 11.9. The molecule has 4 aliphatic rings. The number of alkyl halides is 2. The molecule has 0 aromatic rings. The fourth-order valence-electron chi connectivity index (χ4n) is 7.46. The Morgan fingerprint density at radius 2 is 1.77 bits per heavy atom. The Kier molecular flexibility index (Phi) is 5.65. The van der Waals surface area contributed by atoms with Crippen molar-refractivity contribution in [2.75, 3.05) is 0 Å². The SMILES string of the molecule is C[C@]12C[C@H](Cl)[C@@]3(Cl)[C@@H](CCC4=CC(=O)CC[C@@]43C)[C@@H]1CC[C@@H]2C(=O)C(O)C(O)C(=O)O. The van der Waals surface area contributed by atoms with Gasteiger partial charge in [0.15, 0.2) is 17.7 Å². The highest BCUT2D eigenvalue weighted by molar-refractivity contribution is 6.33. The molecule has 3 fully saturated rings. The van der Waals surface area contributed by atoms with Crippen molar-refractivity contribution in [1.82, 2.24) is 0 Å². The van der Waals surface area contributed by atoms with E-state index in [1.165, 1.54) is 0 Å². The van der Waals surface area contributed by atoms with Crippen LogP contribution in [0.4, 0.5) is 0 Å². The minimum absolute atomic E-state index is 0.0464. The Labute approximate surface area is 192 Å². The molecule has 4 aliphatic carbocycles. The summed E-state index contributed by atoms with van der Waals surface area (Å²) in [5.41, 5.74) is 0.156. The lowest BCUT2D eigenvalue weighted by Gasteiger charge is -2.64. The van der Waals surface area contributed by atoms with Gasteiger partial charge in [-0.05, 0) is 61.9 Å². The van der Waals surface area contributed by atoms with Crippen LogP contribution < -0.4 is 0 Å². The molecule has 0 aliphatic heterocycles. The second kappa shape index (κ2) is 7.54. The maximum absolute atomic E-state index is 13.0. The summed E-state index contributed by atoms with van der Waals surface area (Å²) in [6.45, 7) is 4.12. The van der Waals surface area contributed by atoms with Crippen molar-refractivity contribution >= 4 is 40.7 Å². The highest BCUT2D eigenvalue weighted by atomic mass is 35.5. The third kappa shape index (κ3) is 3.08. The molecule has 3 N–H and O–H groups in total. The Morgan fingerprint density at radius 3 is 2.42 bits per heavy atom. The predicted molar refractivity (Wildman–Crippen MR) is 115 cm³/mol. The number of carboxylic acid groups (broad SMARTS) is 1. The summed E-state index contributed by atoms with van der Waals surface area (Å²) in [7, 11) is 0. The van der Waals surface area contributed by atoms with E-state index in [2.05, 4.69) is 6.92 Å². The van der Waals surface area contributed by atoms with E-state index in [0.717, 1.165) is 24.8 Å². The number of Topliss-reactive ketones (excluding diaryl/α,β-unsaturated/α-hetero) is 1. The van der Waals surface area contributed by atoms with Gasteiger partial charge in [-0.1, -0.05) is 19.4 Å². The minimum atomic E-state index is -2.14. The lowest BCUT2D eigenvalue weighted by molar-refractivity contribution is -0.160. The van der Waals surface area contributed by atoms with Gasteiger partial charge in [-0.2, -0.15) is 0 Å². The Bertz CT molecular complexity index is 857. The van der Waals surface area contributed by atoms with Gasteiger partial charge in [0.25, 0.3) is 0 Å². The summed E-state index contributed by atoms with van der Waals surface area (Å²) in [5.74, 6) is -2.55. The molecule has 0 radical (unpaired) electrons. The van der Waals surface area contributed by atoms with Crippen molar-refractivity contribution in [1.29, 1.82) is 0 Å². The average Bonchev–Trinajstić information content (AvgIpc) is 3.04. The third-order valence-electron chi connectivity index (χ3n) is 9.18. The smallest absolute Gasteiger partial charge is 0.335 e. The Hall–Kier alpha value is -0.950. The van der Waals surface area contributed by atoms with E-state index in [1.54, 1.807) is 6.08 Å². The molecule has 0 aromatic heterocycles. The number of aliphatic hydroxyl groups is 2. The number of aliphatic hydroxyl groups excluding tert-OH is 2. The van der Waals surface area contributed by atoms with Crippen LogP contribution in [-0.2, 0) is 14.4 Å². The van der Waals surface area contributed by atoms with Crippen LogP contribution in [0.25, 0.3) is 0 Å². The molecule has 0 bridgehead atoms. The van der Waals surface area contributed by atoms with E-state index in [0.29, 0.717) is 25.7 Å². The molecule has 2 unspecified atom stereocenters. The summed E-state index contributed by atoms with van der Waals surface area (Å²) in [6.07, 6.45) is 2.03. The molecule has 4 rings (SSSR count). The fraction of sp³-hybridized carbons (Fsp3) is 0.783. The van der Waals surface area contributed by atoms with Gasteiger partial charge in [0.2, 0.25) is 0 Å². The van der Waals surface area contributed by atoms with Crippen LogP contribution in [0.2, 0.25) is 0 Å². The van der Waals surface area contributed by atoms with E-state index >= 15 is 0 Å². The van der Waals surface area contributed by atoms with Gasteiger partial charge >= 0.3 is 5.97 Å². The van der Waals surface area contributed by atoms with Gasteiger partial charge in [-0.25, -0.2) is 4.79 Å². The standard InChI is InChI=1S/C23H30Cl2O6/c1-21-10-16(24)23(25)14(4-3-11-9-12(26)7-8-22(11,23)2)13(21)5-6-15(21)17(27)18(28)19(29)20(30)31/h9,13-16,18-19,28-29H,3-8,10H2,1-2H3,(H,30,31)/t13-,14-,15+,16-,18?,19?,21-,22-,23-/m0/s1. The number of hydrogen-bond acceptors (Lipinski definition) is 5. The van der Waals surface area contributed by atoms with Crippen LogP contribution >= 0.6 is 23.2 Å². The summed E-state index contributed by atoms with van der Waals surface area (Å²) in [4.78, 5) is 35.4. The van der Waals surface area contributed by atoms with Crippen LogP contribution in [0, 0.1) is 28.6 Å². The number of carbonyl (C=O) groups is 3. The Morgan fingerprint density at radius 1 is 1.10 bits per heavy atom. The molecule has 31 heavy (non-hydrogen) atoms. The number of rotatable bonds is 4. The molecule has 0 aromatic carbocycles. The molecule has 172 valence electrons. The molecule has 8 heteroatoms. The summed E-state index contributed by atoms with van der Waals surface area (Å²) < 4.78 is 0. The molecule has 9 atom stereocenters. The number of carboxylic acids is 1. The second-order valence-corrected chi connectivity index (χ2v) is 11.6. The van der Waals surface area contributed by atoms with Gasteiger partial charge in [-0.15, -0.1) is 23.2 Å². The quantitative estimate of drug-likeness (QED) is 0.541. The van der Waals surface area contributed by atoms with Gasteiger partial charge in [0.05, 0.1) is 10.3 Å². The molecule has 0 amide bonds. The topological polar surface area (TPSA) is 112 Å². The normalized spacial score (nSPS) is 46.3. The van der Waals surface area contributed by atoms with Crippen LogP contribution in [0.15, 0.2) is 11.6 Å². The zero-order valence-electron chi connectivity index (χ0n) is 17.8. The van der Waals surface area contributed by atoms with Crippen molar-refractivity contribution < 1.29 is 29.7 Å². The number of halogens is 2. The zero-order chi connectivity index (χ0) is 22.9. The minimum Gasteiger partial charge on any atom is -0.479 e. The summed E-state index contributed by atoms with van der Waals surface area (Å²) >= 11 is 14.5. The van der Waals surface area contributed by atoms with E-state index in [1.807, 2.05) is 6.92 Å². The fourth-order valence-corrected chi connectivity index (χ4v) is 8.75. The number of hydrogen-bond donors (Lipinski definition) is 3. The van der Waals surface area contributed by atoms with Gasteiger partial charge in [0, 0.05) is 17.8 Å². The number of carbonyl (C=O) groups excluding carboxylic acids is 2. The van der Waals surface area contributed by atoms with Crippen molar-refractivity contribution in [3.05, 3.63) is 11.6 Å². The third-order valence-corrected chi connectivity index (χ3v) is 10.8. The van der Waals surface area contributed by atoms with Crippen LogP contribution in [0.1, 0.15) is 58.8 Å². The summed E-state index contributed by atoms with van der Waals surface area (Å²) in [5, 5.41) is 28.5. The van der Waals surface area contributed by atoms with Crippen molar-refractivity contribution in [3.63, 3.8) is 0 Å². The second-order valence-electron chi connectivity index (χ2n) is 10.4. The van der Waals surface area contributed by atoms with Crippen molar-refractivity contribution in [3.8, 4) is 0 Å². The largest absolute Gasteiger partial charge is 0.479 e. The number of ketones is 2. The Balaban J connectivity index is 1.68. The maximum Gasteiger partial charge on any atom is 0.335 e. The lowest BCUT2D eigenvalue weighted by Crippen LogP contribution is -2.65. The van der Waals surface area contributed by atoms with Crippen LogP contribution in [0.5, 0.6) is 0 Å². The molecule has 0 saturated heterocycles. The maximum atomic E-state index is 13.0. The van der Waals surface area contributed by atoms with E-state index in [4.69, 9.17) is 28.3 Å². The highest BCUT2D eigenvalue weighted by Crippen LogP contribution is 2.71. The van der Waals surface area contributed by atoms with Crippen molar-refractivity contribution in [2.45, 2.75) is 81.3 Å². The highest BCUT2D eigenvalue weighted by Gasteiger charge is 2.69. The van der Waals surface area contributed by atoms with Crippen molar-refractivity contribution in [2.24, 2.45) is 28.6 Å². The predicted octanol–water partition coefficient (Wildman–Crippen LogP) is 3.09. The molecule has 0 heterocycles. The molecule has 0 spiro atoms. The first kappa shape index (κ1) is 23.2. The van der Waals surface area contributed by atoms with E-state index in [-0.39, 0.29) is 23.0 Å². The number of fused-ring (bicyclic) bond motifs is 5. The molecular weight excluding hydrogens is 443 g/mol. The van der Waals surface area contributed by atoms with Gasteiger partial charge in [0.1, 0.15) is 6.10 Å². The molecular formula is C23H30Cl2O6. The van der Waals surface area contributed by atoms with E-state index in [9.17, 15) is 24.6 Å². The lowest BCUT2D eigenvalue weighted by atomic mass is 9.46. The molecule has 3 saturated carbocycles. The monoisotopic (exact) mass is 472 g/mol. The first-order chi connectivity index (χ1) is 14.4. The molecule has 6 nitrogen and oxygen atoms in total. The number of allylic oxidation sites excluding steroid dienone is 1. The average molecular weight is 473 g/mol. The van der Waals surface area contributed by atoms with E-state index < -0.39 is 45.5 Å². The van der Waals surface area contributed by atoms with Crippen LogP contribution in [-0.4, -0.2) is 55.3 Å².